The number of imidazole rings is 1. The molecule has 0 aliphatic rings. The standard InChI is InChI=1S/C11H16N2O3S3/c1-2-17-5-6-18-11-12-9-4-3-8(19(14,15)16)7-10(9)13-11/h3-4,7,14-16H,2,5-6H2,1H3,(H,12,13). The lowest BCUT2D eigenvalue weighted by Crippen LogP contribution is -1.94. The van der Waals surface area contributed by atoms with Crippen LogP contribution < -0.4 is 0 Å². The van der Waals surface area contributed by atoms with Gasteiger partial charge < -0.3 is 18.6 Å². The lowest BCUT2D eigenvalue weighted by molar-refractivity contribution is 0.376. The summed E-state index contributed by atoms with van der Waals surface area (Å²) in [5.74, 6) is 3.15. The van der Waals surface area contributed by atoms with Gasteiger partial charge in [0, 0.05) is 11.5 Å². The molecule has 0 aliphatic carbocycles. The first kappa shape index (κ1) is 15.0. The average Bonchev–Trinajstić information content (AvgIpc) is 2.75. The number of fused-ring (bicyclic) bond motifs is 1. The van der Waals surface area contributed by atoms with Crippen LogP contribution in [-0.4, -0.2) is 40.9 Å². The van der Waals surface area contributed by atoms with Gasteiger partial charge in [0.2, 0.25) is 0 Å². The molecule has 0 aliphatic heterocycles. The second-order valence-corrected chi connectivity index (χ2v) is 7.77. The summed E-state index contributed by atoms with van der Waals surface area (Å²) in [4.78, 5) is 7.60. The normalized spacial score (nSPS) is 13.1. The van der Waals surface area contributed by atoms with Crippen molar-refractivity contribution in [2.45, 2.75) is 17.0 Å². The van der Waals surface area contributed by atoms with E-state index >= 15 is 0 Å². The smallest absolute Gasteiger partial charge is 0.166 e. The molecule has 0 saturated heterocycles. The zero-order chi connectivity index (χ0) is 13.9. The maximum atomic E-state index is 9.21. The van der Waals surface area contributed by atoms with Crippen LogP contribution in [0.15, 0.2) is 28.3 Å². The summed E-state index contributed by atoms with van der Waals surface area (Å²) in [6.07, 6.45) is 0. The topological polar surface area (TPSA) is 89.4 Å². The molecule has 0 saturated carbocycles. The van der Waals surface area contributed by atoms with Crippen LogP contribution in [0, 0.1) is 0 Å². The number of aromatic nitrogens is 2. The summed E-state index contributed by atoms with van der Waals surface area (Å²) in [5, 5.41) is 0.804. The summed E-state index contributed by atoms with van der Waals surface area (Å²) >= 11 is 3.51. The molecule has 1 aromatic carbocycles. The molecule has 1 aromatic heterocycles. The Morgan fingerprint density at radius 1 is 1.26 bits per heavy atom. The molecule has 2 aromatic rings. The Morgan fingerprint density at radius 3 is 2.74 bits per heavy atom. The van der Waals surface area contributed by atoms with Gasteiger partial charge in [-0.25, -0.2) is 4.98 Å². The Hall–Kier alpha value is -0.380. The van der Waals surface area contributed by atoms with Gasteiger partial charge in [-0.3, -0.25) is 0 Å². The number of benzene rings is 1. The first-order valence-corrected chi connectivity index (χ1v) is 9.36. The quantitative estimate of drug-likeness (QED) is 0.475. The van der Waals surface area contributed by atoms with Crippen LogP contribution >= 0.6 is 34.4 Å². The molecule has 106 valence electrons. The Labute approximate surface area is 121 Å². The zero-order valence-corrected chi connectivity index (χ0v) is 12.8. The second-order valence-electron chi connectivity index (χ2n) is 3.79. The van der Waals surface area contributed by atoms with Gasteiger partial charge in [0.15, 0.2) is 5.16 Å². The molecule has 1 heterocycles. The van der Waals surface area contributed by atoms with Crippen molar-refractivity contribution in [3.8, 4) is 0 Å². The molecule has 5 nitrogen and oxygen atoms in total. The highest BCUT2D eigenvalue weighted by atomic mass is 32.3. The van der Waals surface area contributed by atoms with Crippen molar-refractivity contribution in [3.05, 3.63) is 18.2 Å². The van der Waals surface area contributed by atoms with Gasteiger partial charge in [-0.2, -0.15) is 11.8 Å². The maximum Gasteiger partial charge on any atom is 0.166 e. The molecule has 0 radical (unpaired) electrons. The Morgan fingerprint density at radius 2 is 2.05 bits per heavy atom. The number of nitrogens with one attached hydrogen (secondary N) is 1. The fourth-order valence-electron chi connectivity index (χ4n) is 1.55. The maximum absolute atomic E-state index is 9.21. The van der Waals surface area contributed by atoms with E-state index in [2.05, 4.69) is 16.9 Å². The fourth-order valence-corrected chi connectivity index (χ4v) is 3.70. The van der Waals surface area contributed by atoms with Gasteiger partial charge in [-0.15, -0.1) is 0 Å². The first-order valence-electron chi connectivity index (χ1n) is 5.71. The molecular formula is C11H16N2O3S3. The largest absolute Gasteiger partial charge is 0.333 e. The summed E-state index contributed by atoms with van der Waals surface area (Å²) < 4.78 is 27.6. The van der Waals surface area contributed by atoms with Gasteiger partial charge >= 0.3 is 0 Å². The number of hydrogen-bond donors (Lipinski definition) is 4. The zero-order valence-electron chi connectivity index (χ0n) is 10.4. The number of hydrogen-bond acceptors (Lipinski definition) is 6. The second kappa shape index (κ2) is 6.38. The fraction of sp³-hybridized carbons (Fsp3) is 0.364. The predicted molar refractivity (Wildman–Crippen MR) is 83.6 cm³/mol. The summed E-state index contributed by atoms with van der Waals surface area (Å²) in [7, 11) is -3.67. The molecule has 0 fully saturated rings. The van der Waals surface area contributed by atoms with Crippen LogP contribution in [0.2, 0.25) is 0 Å². The number of thioether (sulfide) groups is 2. The molecule has 0 atom stereocenters. The van der Waals surface area contributed by atoms with Gasteiger partial charge in [0.1, 0.15) is 10.9 Å². The van der Waals surface area contributed by atoms with Crippen LogP contribution in [0.4, 0.5) is 0 Å². The lowest BCUT2D eigenvalue weighted by atomic mass is 10.3. The van der Waals surface area contributed by atoms with E-state index in [4.69, 9.17) is 0 Å². The van der Waals surface area contributed by atoms with E-state index in [9.17, 15) is 13.7 Å². The van der Waals surface area contributed by atoms with E-state index in [1.807, 2.05) is 11.8 Å². The van der Waals surface area contributed by atoms with Crippen molar-refractivity contribution < 1.29 is 13.7 Å². The van der Waals surface area contributed by atoms with E-state index < -0.39 is 10.9 Å². The first-order chi connectivity index (χ1) is 9.00. The molecule has 19 heavy (non-hydrogen) atoms. The minimum absolute atomic E-state index is 0.0988. The third kappa shape index (κ3) is 4.04. The Bertz CT molecular complexity index is 554. The van der Waals surface area contributed by atoms with E-state index in [1.165, 1.54) is 12.1 Å². The van der Waals surface area contributed by atoms with Crippen LogP contribution in [0.3, 0.4) is 0 Å². The number of H-pyrrole nitrogens is 1. The van der Waals surface area contributed by atoms with Crippen LogP contribution in [0.25, 0.3) is 11.0 Å². The molecular weight excluding hydrogens is 304 g/mol. The highest BCUT2D eigenvalue weighted by molar-refractivity contribution is 8.19. The van der Waals surface area contributed by atoms with Crippen molar-refractivity contribution in [1.29, 1.82) is 0 Å². The Balaban J connectivity index is 2.12. The van der Waals surface area contributed by atoms with Crippen LogP contribution in [0.5, 0.6) is 0 Å². The van der Waals surface area contributed by atoms with Crippen LogP contribution in [0.1, 0.15) is 6.92 Å². The van der Waals surface area contributed by atoms with Crippen molar-refractivity contribution >= 4 is 45.4 Å². The van der Waals surface area contributed by atoms with Crippen molar-refractivity contribution in [2.24, 2.45) is 0 Å². The van der Waals surface area contributed by atoms with E-state index in [-0.39, 0.29) is 4.90 Å². The van der Waals surface area contributed by atoms with Crippen molar-refractivity contribution in [3.63, 3.8) is 0 Å². The number of aromatic amines is 1. The van der Waals surface area contributed by atoms with E-state index in [1.54, 1.807) is 17.8 Å². The molecule has 0 bridgehead atoms. The van der Waals surface area contributed by atoms with E-state index in [0.717, 1.165) is 27.9 Å². The van der Waals surface area contributed by atoms with Gasteiger partial charge in [-0.1, -0.05) is 18.7 Å². The minimum Gasteiger partial charge on any atom is -0.333 e. The molecule has 2 rings (SSSR count). The molecule has 4 N–H and O–H groups in total. The van der Waals surface area contributed by atoms with Gasteiger partial charge in [0.25, 0.3) is 0 Å². The SMILES string of the molecule is CCSCCSc1nc2ccc(S(O)(O)O)cc2[nH]1. The van der Waals surface area contributed by atoms with Gasteiger partial charge in [0.05, 0.1) is 15.9 Å². The third-order valence-electron chi connectivity index (χ3n) is 2.42. The number of nitrogens with zero attached hydrogens (tertiary/aromatic N) is 1. The highest BCUT2D eigenvalue weighted by Crippen LogP contribution is 2.44. The summed E-state index contributed by atoms with van der Waals surface area (Å²) in [5.41, 5.74) is 1.44. The summed E-state index contributed by atoms with van der Waals surface area (Å²) in [6, 6.07) is 4.65. The van der Waals surface area contributed by atoms with Crippen LogP contribution in [-0.2, 0) is 0 Å². The monoisotopic (exact) mass is 320 g/mol. The highest BCUT2D eigenvalue weighted by Gasteiger charge is 2.16. The minimum atomic E-state index is -3.67. The summed E-state index contributed by atoms with van der Waals surface area (Å²) in [6.45, 7) is 2.13. The van der Waals surface area contributed by atoms with Crippen molar-refractivity contribution in [2.75, 3.05) is 17.3 Å². The van der Waals surface area contributed by atoms with Gasteiger partial charge in [-0.05, 0) is 24.0 Å². The molecule has 0 unspecified atom stereocenters. The van der Waals surface area contributed by atoms with Crippen molar-refractivity contribution in [1.82, 2.24) is 9.97 Å². The number of rotatable bonds is 6. The van der Waals surface area contributed by atoms with E-state index in [0.29, 0.717) is 5.52 Å². The molecule has 0 spiro atoms. The predicted octanol–water partition coefficient (Wildman–Crippen LogP) is 3.99. The lowest BCUT2D eigenvalue weighted by Gasteiger charge is -2.18. The average molecular weight is 320 g/mol. The third-order valence-corrected chi connectivity index (χ3v) is 5.34. The molecule has 0 amide bonds. The molecule has 8 heteroatoms. The Kier molecular flexibility index (Phi) is 5.04.